The van der Waals surface area contributed by atoms with Crippen LogP contribution in [-0.2, 0) is 9.53 Å². The molecule has 0 fully saturated rings. The lowest BCUT2D eigenvalue weighted by atomic mass is 10.0. The zero-order chi connectivity index (χ0) is 10.1. The van der Waals surface area contributed by atoms with E-state index in [4.69, 9.17) is 4.74 Å². The Morgan fingerprint density at radius 3 is 2.93 bits per heavy atom. The fourth-order valence-corrected chi connectivity index (χ4v) is 1.95. The van der Waals surface area contributed by atoms with Gasteiger partial charge in [-0.15, -0.1) is 0 Å². The minimum Gasteiger partial charge on any atom is -0.458 e. The smallest absolute Gasteiger partial charge is 0.333 e. The molecule has 0 N–H and O–H groups in total. The molecule has 2 unspecified atom stereocenters. The summed E-state index contributed by atoms with van der Waals surface area (Å²) >= 11 is 0. The SMILES string of the molecule is C=C(C)C(=O)OCC1=CC2C=CC1C2. The minimum atomic E-state index is -0.294. The first-order chi connectivity index (χ1) is 6.66. The van der Waals surface area contributed by atoms with Crippen LogP contribution in [-0.4, -0.2) is 12.6 Å². The molecule has 14 heavy (non-hydrogen) atoms. The van der Waals surface area contributed by atoms with E-state index < -0.39 is 0 Å². The predicted molar refractivity (Wildman–Crippen MR) is 54.6 cm³/mol. The van der Waals surface area contributed by atoms with Crippen LogP contribution < -0.4 is 0 Å². The lowest BCUT2D eigenvalue weighted by Crippen LogP contribution is -2.10. The Balaban J connectivity index is 1.86. The van der Waals surface area contributed by atoms with Crippen LogP contribution in [0.2, 0.25) is 0 Å². The summed E-state index contributed by atoms with van der Waals surface area (Å²) in [5.74, 6) is 0.800. The minimum absolute atomic E-state index is 0.294. The zero-order valence-electron chi connectivity index (χ0n) is 8.32. The molecule has 2 rings (SSSR count). The molecule has 2 atom stereocenters. The quantitative estimate of drug-likeness (QED) is 0.387. The number of esters is 1. The molecule has 0 radical (unpaired) electrons. The molecule has 0 aromatic rings. The van der Waals surface area contributed by atoms with E-state index in [9.17, 15) is 4.79 Å². The molecule has 0 amide bonds. The fraction of sp³-hybridized carbons (Fsp3) is 0.417. The number of rotatable bonds is 3. The number of hydrogen-bond donors (Lipinski definition) is 0. The Kier molecular flexibility index (Phi) is 2.28. The molecular formula is C12H14O2. The normalized spacial score (nSPS) is 27.6. The van der Waals surface area contributed by atoms with Crippen LogP contribution in [0.1, 0.15) is 13.3 Å². The summed E-state index contributed by atoms with van der Waals surface area (Å²) < 4.78 is 5.10. The van der Waals surface area contributed by atoms with Crippen LogP contribution in [0.25, 0.3) is 0 Å². The van der Waals surface area contributed by atoms with E-state index in [1.165, 1.54) is 12.0 Å². The van der Waals surface area contributed by atoms with Gasteiger partial charge in [-0.1, -0.05) is 24.8 Å². The number of carbonyl (C=O) groups excluding carboxylic acids is 1. The summed E-state index contributed by atoms with van der Waals surface area (Å²) in [6, 6.07) is 0. The van der Waals surface area contributed by atoms with Crippen LogP contribution in [0, 0.1) is 11.8 Å². The predicted octanol–water partition coefficient (Wildman–Crippen LogP) is 2.24. The van der Waals surface area contributed by atoms with E-state index in [1.54, 1.807) is 6.92 Å². The van der Waals surface area contributed by atoms with Crippen LogP contribution in [0.4, 0.5) is 0 Å². The standard InChI is InChI=1S/C12H14O2/c1-8(2)12(13)14-7-11-6-9-3-4-10(11)5-9/h3-4,6,9-10H,1,5,7H2,2H3. The second-order valence-corrected chi connectivity index (χ2v) is 3.99. The maximum absolute atomic E-state index is 11.1. The Bertz CT molecular complexity index is 336. The molecule has 0 aromatic heterocycles. The van der Waals surface area contributed by atoms with Crippen LogP contribution >= 0.6 is 0 Å². The van der Waals surface area contributed by atoms with Crippen molar-refractivity contribution < 1.29 is 9.53 Å². The Labute approximate surface area is 83.9 Å². The Morgan fingerprint density at radius 1 is 1.64 bits per heavy atom. The van der Waals surface area contributed by atoms with Crippen molar-refractivity contribution in [2.45, 2.75) is 13.3 Å². The van der Waals surface area contributed by atoms with Gasteiger partial charge in [0, 0.05) is 11.5 Å². The van der Waals surface area contributed by atoms with E-state index in [0.717, 1.165) is 0 Å². The summed E-state index contributed by atoms with van der Waals surface area (Å²) in [7, 11) is 0. The maximum Gasteiger partial charge on any atom is 0.333 e. The van der Waals surface area contributed by atoms with Crippen molar-refractivity contribution in [2.24, 2.45) is 11.8 Å². The summed E-state index contributed by atoms with van der Waals surface area (Å²) in [5.41, 5.74) is 1.70. The van der Waals surface area contributed by atoms with Gasteiger partial charge in [-0.3, -0.25) is 0 Å². The van der Waals surface area contributed by atoms with Gasteiger partial charge < -0.3 is 4.74 Å². The van der Waals surface area contributed by atoms with Crippen molar-refractivity contribution in [1.29, 1.82) is 0 Å². The Morgan fingerprint density at radius 2 is 2.43 bits per heavy atom. The monoisotopic (exact) mass is 190 g/mol. The van der Waals surface area contributed by atoms with Crippen molar-refractivity contribution in [3.63, 3.8) is 0 Å². The first kappa shape index (κ1) is 9.25. The highest BCUT2D eigenvalue weighted by atomic mass is 16.5. The molecule has 2 nitrogen and oxygen atoms in total. The second-order valence-electron chi connectivity index (χ2n) is 3.99. The van der Waals surface area contributed by atoms with E-state index in [-0.39, 0.29) is 5.97 Å². The molecule has 74 valence electrons. The van der Waals surface area contributed by atoms with Crippen molar-refractivity contribution in [1.82, 2.24) is 0 Å². The summed E-state index contributed by atoms with van der Waals surface area (Å²) in [6.45, 7) is 5.63. The van der Waals surface area contributed by atoms with E-state index in [2.05, 4.69) is 24.8 Å². The van der Waals surface area contributed by atoms with Gasteiger partial charge in [-0.25, -0.2) is 4.79 Å². The molecule has 0 heterocycles. The van der Waals surface area contributed by atoms with Gasteiger partial charge in [0.2, 0.25) is 0 Å². The molecule has 2 heteroatoms. The summed E-state index contributed by atoms with van der Waals surface area (Å²) in [6.07, 6.45) is 7.79. The average molecular weight is 190 g/mol. The highest BCUT2D eigenvalue weighted by molar-refractivity contribution is 5.87. The average Bonchev–Trinajstić information content (AvgIpc) is 2.74. The van der Waals surface area contributed by atoms with E-state index >= 15 is 0 Å². The lowest BCUT2D eigenvalue weighted by molar-refractivity contribution is -0.138. The van der Waals surface area contributed by atoms with Gasteiger partial charge in [0.1, 0.15) is 6.61 Å². The third-order valence-electron chi connectivity index (χ3n) is 2.74. The molecule has 2 bridgehead atoms. The van der Waals surface area contributed by atoms with Gasteiger partial charge in [0.15, 0.2) is 0 Å². The number of carbonyl (C=O) groups is 1. The van der Waals surface area contributed by atoms with Crippen LogP contribution in [0.3, 0.4) is 0 Å². The molecular weight excluding hydrogens is 176 g/mol. The first-order valence-corrected chi connectivity index (χ1v) is 4.88. The van der Waals surface area contributed by atoms with Crippen LogP contribution in [0.5, 0.6) is 0 Å². The molecule has 2 aliphatic carbocycles. The van der Waals surface area contributed by atoms with Gasteiger partial charge in [0.05, 0.1) is 0 Å². The van der Waals surface area contributed by atoms with Crippen molar-refractivity contribution in [2.75, 3.05) is 6.61 Å². The van der Waals surface area contributed by atoms with Gasteiger partial charge in [0.25, 0.3) is 0 Å². The molecule has 0 saturated carbocycles. The maximum atomic E-state index is 11.1. The number of ether oxygens (including phenoxy) is 1. The molecule has 0 aliphatic heterocycles. The third-order valence-corrected chi connectivity index (χ3v) is 2.74. The largest absolute Gasteiger partial charge is 0.458 e. The summed E-state index contributed by atoms with van der Waals surface area (Å²) in [4.78, 5) is 11.1. The second kappa shape index (κ2) is 3.45. The molecule has 2 aliphatic rings. The van der Waals surface area contributed by atoms with Crippen molar-refractivity contribution in [3.05, 3.63) is 36.0 Å². The first-order valence-electron chi connectivity index (χ1n) is 4.88. The van der Waals surface area contributed by atoms with Gasteiger partial charge >= 0.3 is 5.97 Å². The Hall–Kier alpha value is -1.31. The highest BCUT2D eigenvalue weighted by Crippen LogP contribution is 2.38. The fourth-order valence-electron chi connectivity index (χ4n) is 1.95. The molecule has 0 saturated heterocycles. The van der Waals surface area contributed by atoms with Gasteiger partial charge in [-0.05, 0) is 24.8 Å². The third kappa shape index (κ3) is 1.65. The number of fused-ring (bicyclic) bond motifs is 2. The molecule has 0 spiro atoms. The van der Waals surface area contributed by atoms with Crippen molar-refractivity contribution in [3.8, 4) is 0 Å². The van der Waals surface area contributed by atoms with E-state index in [0.29, 0.717) is 24.0 Å². The lowest BCUT2D eigenvalue weighted by Gasteiger charge is -2.10. The highest BCUT2D eigenvalue weighted by Gasteiger charge is 2.28. The summed E-state index contributed by atoms with van der Waals surface area (Å²) in [5, 5.41) is 0. The van der Waals surface area contributed by atoms with Crippen molar-refractivity contribution >= 4 is 5.97 Å². The molecule has 0 aromatic carbocycles. The number of hydrogen-bond acceptors (Lipinski definition) is 2. The van der Waals surface area contributed by atoms with E-state index in [1.807, 2.05) is 0 Å². The van der Waals surface area contributed by atoms with Gasteiger partial charge in [-0.2, -0.15) is 0 Å². The topological polar surface area (TPSA) is 26.3 Å². The zero-order valence-corrected chi connectivity index (χ0v) is 8.32. The number of allylic oxidation sites excluding steroid dienone is 3. The van der Waals surface area contributed by atoms with Crippen LogP contribution in [0.15, 0.2) is 36.0 Å².